The van der Waals surface area contributed by atoms with Gasteiger partial charge in [0, 0.05) is 19.6 Å². The molecule has 2 N–H and O–H groups in total. The van der Waals surface area contributed by atoms with E-state index >= 15 is 0 Å². The first-order valence-electron chi connectivity index (χ1n) is 6.06. The van der Waals surface area contributed by atoms with E-state index in [0.717, 1.165) is 31.6 Å². The van der Waals surface area contributed by atoms with Crippen LogP contribution >= 0.6 is 0 Å². The second-order valence-corrected chi connectivity index (χ2v) is 7.43. The van der Waals surface area contributed by atoms with Gasteiger partial charge in [-0.1, -0.05) is 6.92 Å². The smallest absolute Gasteiger partial charge is 0.217 e. The molecule has 1 saturated carbocycles. The summed E-state index contributed by atoms with van der Waals surface area (Å²) in [5, 5.41) is -0.475. The van der Waals surface area contributed by atoms with E-state index in [-0.39, 0.29) is 12.6 Å². The van der Waals surface area contributed by atoms with Gasteiger partial charge in [0.2, 0.25) is 10.0 Å². The van der Waals surface area contributed by atoms with Gasteiger partial charge in [0.05, 0.1) is 5.25 Å². The number of hydrogen-bond acceptors (Lipinski definition) is 3. The molecule has 0 aromatic carbocycles. The van der Waals surface area contributed by atoms with Crippen LogP contribution in [-0.2, 0) is 10.0 Å². The lowest BCUT2D eigenvalue weighted by atomic mass is 9.87. The van der Waals surface area contributed by atoms with Crippen molar-refractivity contribution in [3.05, 3.63) is 0 Å². The molecule has 1 fully saturated rings. The molecule has 0 aromatic heterocycles. The first kappa shape index (κ1) is 13.9. The summed E-state index contributed by atoms with van der Waals surface area (Å²) in [6.07, 6.45) is 4.21. The molecule has 5 heteroatoms. The highest BCUT2D eigenvalue weighted by Crippen LogP contribution is 2.28. The highest BCUT2D eigenvalue weighted by molar-refractivity contribution is 7.89. The molecule has 0 amide bonds. The van der Waals surface area contributed by atoms with Crippen molar-refractivity contribution in [2.24, 2.45) is 11.7 Å². The van der Waals surface area contributed by atoms with Crippen LogP contribution in [0.1, 0.15) is 39.5 Å². The van der Waals surface area contributed by atoms with Gasteiger partial charge in [0.15, 0.2) is 0 Å². The van der Waals surface area contributed by atoms with Crippen LogP contribution < -0.4 is 5.73 Å². The van der Waals surface area contributed by atoms with Crippen molar-refractivity contribution in [1.82, 2.24) is 4.31 Å². The summed E-state index contributed by atoms with van der Waals surface area (Å²) >= 11 is 0. The molecular formula is C11H24N2O2S. The SMILES string of the molecule is CC1CCC(N(C)S(=O)(=O)C(C)CN)CC1. The highest BCUT2D eigenvalue weighted by atomic mass is 32.2. The molecule has 0 aromatic rings. The van der Waals surface area contributed by atoms with Crippen molar-refractivity contribution in [2.75, 3.05) is 13.6 Å². The van der Waals surface area contributed by atoms with Crippen molar-refractivity contribution in [3.8, 4) is 0 Å². The molecule has 1 rings (SSSR count). The second-order valence-electron chi connectivity index (χ2n) is 5.02. The number of nitrogens with two attached hydrogens (primary N) is 1. The molecule has 0 saturated heterocycles. The van der Waals surface area contributed by atoms with Crippen LogP contribution in [-0.4, -0.2) is 37.6 Å². The minimum absolute atomic E-state index is 0.176. The first-order valence-corrected chi connectivity index (χ1v) is 7.56. The van der Waals surface area contributed by atoms with Crippen molar-refractivity contribution >= 4 is 10.0 Å². The van der Waals surface area contributed by atoms with Gasteiger partial charge in [-0.15, -0.1) is 0 Å². The normalized spacial score (nSPS) is 29.3. The average molecular weight is 248 g/mol. The van der Waals surface area contributed by atoms with Gasteiger partial charge >= 0.3 is 0 Å². The summed E-state index contributed by atoms with van der Waals surface area (Å²) in [7, 11) is -1.50. The zero-order chi connectivity index (χ0) is 12.3. The van der Waals surface area contributed by atoms with Crippen LogP contribution in [0.3, 0.4) is 0 Å². The average Bonchev–Trinajstić information content (AvgIpc) is 2.28. The van der Waals surface area contributed by atoms with E-state index in [0.29, 0.717) is 0 Å². The van der Waals surface area contributed by atoms with Gasteiger partial charge < -0.3 is 5.73 Å². The first-order chi connectivity index (χ1) is 7.39. The summed E-state index contributed by atoms with van der Waals surface area (Å²) < 4.78 is 25.7. The van der Waals surface area contributed by atoms with Gasteiger partial charge in [-0.25, -0.2) is 12.7 Å². The number of sulfonamides is 1. The zero-order valence-corrected chi connectivity index (χ0v) is 11.3. The molecule has 16 heavy (non-hydrogen) atoms. The van der Waals surface area contributed by atoms with Crippen molar-refractivity contribution < 1.29 is 8.42 Å². The Morgan fingerprint density at radius 2 is 1.81 bits per heavy atom. The maximum Gasteiger partial charge on any atom is 0.217 e. The van der Waals surface area contributed by atoms with Crippen molar-refractivity contribution in [3.63, 3.8) is 0 Å². The molecule has 1 aliphatic carbocycles. The fourth-order valence-electron chi connectivity index (χ4n) is 2.22. The van der Waals surface area contributed by atoms with E-state index < -0.39 is 15.3 Å². The molecule has 1 aliphatic rings. The predicted octanol–water partition coefficient (Wildman–Crippen LogP) is 1.17. The number of nitrogens with zero attached hydrogens (tertiary/aromatic N) is 1. The van der Waals surface area contributed by atoms with Gasteiger partial charge in [0.1, 0.15) is 0 Å². The molecule has 1 unspecified atom stereocenters. The van der Waals surface area contributed by atoms with Crippen LogP contribution in [0.2, 0.25) is 0 Å². The predicted molar refractivity (Wildman–Crippen MR) is 66.6 cm³/mol. The Morgan fingerprint density at radius 1 is 1.31 bits per heavy atom. The van der Waals surface area contributed by atoms with E-state index in [1.54, 1.807) is 18.3 Å². The van der Waals surface area contributed by atoms with E-state index in [9.17, 15) is 8.42 Å². The topological polar surface area (TPSA) is 63.4 Å². The molecule has 0 radical (unpaired) electrons. The maximum atomic E-state index is 12.1. The minimum atomic E-state index is -3.20. The summed E-state index contributed by atoms with van der Waals surface area (Å²) in [5.41, 5.74) is 5.44. The monoisotopic (exact) mass is 248 g/mol. The molecule has 1 atom stereocenters. The Bertz CT molecular complexity index is 308. The van der Waals surface area contributed by atoms with Crippen LogP contribution in [0.4, 0.5) is 0 Å². The fraction of sp³-hybridized carbons (Fsp3) is 1.00. The lowest BCUT2D eigenvalue weighted by Crippen LogP contribution is -2.45. The molecule has 0 spiro atoms. The van der Waals surface area contributed by atoms with Crippen molar-refractivity contribution in [1.29, 1.82) is 0 Å². The molecule has 0 bridgehead atoms. The minimum Gasteiger partial charge on any atom is -0.329 e. The Labute approximate surface area is 99.2 Å². The van der Waals surface area contributed by atoms with Crippen LogP contribution in [0.5, 0.6) is 0 Å². The van der Waals surface area contributed by atoms with E-state index in [1.165, 1.54) is 0 Å². The lowest BCUT2D eigenvalue weighted by molar-refractivity contribution is 0.245. The van der Waals surface area contributed by atoms with E-state index in [1.807, 2.05) is 0 Å². The van der Waals surface area contributed by atoms with Crippen LogP contribution in [0.15, 0.2) is 0 Å². The van der Waals surface area contributed by atoms with E-state index in [4.69, 9.17) is 5.73 Å². The Morgan fingerprint density at radius 3 is 2.25 bits per heavy atom. The summed E-state index contributed by atoms with van der Waals surface area (Å²) in [5.74, 6) is 0.735. The molecule has 0 aliphatic heterocycles. The molecule has 4 nitrogen and oxygen atoms in total. The van der Waals surface area contributed by atoms with Crippen LogP contribution in [0.25, 0.3) is 0 Å². The third-order valence-electron chi connectivity index (χ3n) is 3.74. The molecule has 96 valence electrons. The second kappa shape index (κ2) is 5.47. The quantitative estimate of drug-likeness (QED) is 0.812. The molecular weight excluding hydrogens is 224 g/mol. The number of hydrogen-bond donors (Lipinski definition) is 1. The summed E-state index contributed by atoms with van der Waals surface area (Å²) in [4.78, 5) is 0. The van der Waals surface area contributed by atoms with Crippen LogP contribution in [0, 0.1) is 5.92 Å². The van der Waals surface area contributed by atoms with Gasteiger partial charge in [0.25, 0.3) is 0 Å². The Hall–Kier alpha value is -0.130. The largest absolute Gasteiger partial charge is 0.329 e. The Kier molecular flexibility index (Phi) is 4.76. The summed E-state index contributed by atoms with van der Waals surface area (Å²) in [6, 6.07) is 0.176. The van der Waals surface area contributed by atoms with Gasteiger partial charge in [-0.05, 0) is 38.5 Å². The number of rotatable bonds is 4. The van der Waals surface area contributed by atoms with Crippen molar-refractivity contribution in [2.45, 2.75) is 50.8 Å². The standard InChI is InChI=1S/C11H24N2O2S/c1-9-4-6-11(7-5-9)13(3)16(14,15)10(2)8-12/h9-11H,4-8,12H2,1-3H3. The highest BCUT2D eigenvalue weighted by Gasteiger charge is 2.32. The van der Waals surface area contributed by atoms with E-state index in [2.05, 4.69) is 6.92 Å². The third kappa shape index (κ3) is 2.96. The molecule has 0 heterocycles. The fourth-order valence-corrected chi connectivity index (χ4v) is 3.66. The Balaban J connectivity index is 2.67. The van der Waals surface area contributed by atoms with Gasteiger partial charge in [-0.3, -0.25) is 0 Å². The maximum absolute atomic E-state index is 12.1. The lowest BCUT2D eigenvalue weighted by Gasteiger charge is -2.34. The van der Waals surface area contributed by atoms with Gasteiger partial charge in [-0.2, -0.15) is 0 Å². The third-order valence-corrected chi connectivity index (χ3v) is 6.05. The summed E-state index contributed by atoms with van der Waals surface area (Å²) in [6.45, 7) is 4.10. The zero-order valence-electron chi connectivity index (χ0n) is 10.5.